The van der Waals surface area contributed by atoms with E-state index >= 15 is 0 Å². The van der Waals surface area contributed by atoms with Crippen molar-refractivity contribution in [3.63, 3.8) is 0 Å². The Morgan fingerprint density at radius 1 is 1.33 bits per heavy atom. The summed E-state index contributed by atoms with van der Waals surface area (Å²) in [5, 5.41) is 3.23. The summed E-state index contributed by atoms with van der Waals surface area (Å²) in [5.41, 5.74) is 1.56. The summed E-state index contributed by atoms with van der Waals surface area (Å²) in [6.07, 6.45) is 2.74. The fraction of sp³-hybridized carbons (Fsp3) is 0.400. The van der Waals surface area contributed by atoms with E-state index in [1.165, 1.54) is 13.2 Å². The second kappa shape index (κ2) is 7.08. The standard InChI is InChI=1S/C15H20FN3O2/c1-11-10-19(15(18-11)17-7-4-8-20-2)12-5-6-14(21-3)13(16)9-12/h5-6,9-10H,4,7-8H2,1-3H3,(H,17,18). The lowest BCUT2D eigenvalue weighted by Crippen LogP contribution is -2.09. The van der Waals surface area contributed by atoms with Gasteiger partial charge in [0.2, 0.25) is 5.95 Å². The molecular formula is C15H20FN3O2. The molecule has 2 rings (SSSR count). The number of aryl methyl sites for hydroxylation is 1. The van der Waals surface area contributed by atoms with Crippen molar-refractivity contribution in [3.8, 4) is 11.4 Å². The molecule has 0 radical (unpaired) electrons. The van der Waals surface area contributed by atoms with E-state index in [2.05, 4.69) is 10.3 Å². The Labute approximate surface area is 123 Å². The first-order chi connectivity index (χ1) is 10.2. The fourth-order valence-electron chi connectivity index (χ4n) is 2.04. The summed E-state index contributed by atoms with van der Waals surface area (Å²) in [5.74, 6) is 0.519. The van der Waals surface area contributed by atoms with E-state index < -0.39 is 5.82 Å². The Balaban J connectivity index is 2.20. The predicted octanol–water partition coefficient (Wildman–Crippen LogP) is 2.78. The van der Waals surface area contributed by atoms with Gasteiger partial charge in [-0.05, 0) is 25.5 Å². The van der Waals surface area contributed by atoms with Crippen LogP contribution in [0.4, 0.5) is 10.3 Å². The van der Waals surface area contributed by atoms with Crippen molar-refractivity contribution in [1.82, 2.24) is 9.55 Å². The summed E-state index contributed by atoms with van der Waals surface area (Å²) in [6, 6.07) is 4.83. The molecule has 0 fully saturated rings. The monoisotopic (exact) mass is 293 g/mol. The number of nitrogens with zero attached hydrogens (tertiary/aromatic N) is 2. The van der Waals surface area contributed by atoms with Gasteiger partial charge in [0.25, 0.3) is 0 Å². The molecule has 1 aromatic heterocycles. The topological polar surface area (TPSA) is 48.3 Å². The van der Waals surface area contributed by atoms with Crippen molar-refractivity contribution in [2.75, 3.05) is 32.7 Å². The summed E-state index contributed by atoms with van der Waals surface area (Å²) in [4.78, 5) is 4.41. The lowest BCUT2D eigenvalue weighted by molar-refractivity contribution is 0.197. The quantitative estimate of drug-likeness (QED) is 0.798. The molecule has 0 aliphatic rings. The minimum absolute atomic E-state index is 0.227. The molecule has 0 atom stereocenters. The van der Waals surface area contributed by atoms with Crippen LogP contribution < -0.4 is 10.1 Å². The first-order valence-corrected chi connectivity index (χ1v) is 6.78. The highest BCUT2D eigenvalue weighted by atomic mass is 19.1. The van der Waals surface area contributed by atoms with Gasteiger partial charge in [0.15, 0.2) is 11.6 Å². The van der Waals surface area contributed by atoms with Crippen LogP contribution in [0.3, 0.4) is 0 Å². The SMILES string of the molecule is COCCCNc1nc(C)cn1-c1ccc(OC)c(F)c1. The number of hydrogen-bond donors (Lipinski definition) is 1. The average molecular weight is 293 g/mol. The lowest BCUT2D eigenvalue weighted by Gasteiger charge is -2.11. The molecule has 0 amide bonds. The number of halogens is 1. The molecule has 6 heteroatoms. The molecule has 0 saturated heterocycles. The summed E-state index contributed by atoms with van der Waals surface area (Å²) < 4.78 is 25.6. The van der Waals surface area contributed by atoms with Gasteiger partial charge in [-0.1, -0.05) is 0 Å². The van der Waals surface area contributed by atoms with Crippen LogP contribution in [0.5, 0.6) is 5.75 Å². The molecule has 114 valence electrons. The molecule has 0 aliphatic heterocycles. The third-order valence-electron chi connectivity index (χ3n) is 3.05. The number of methoxy groups -OCH3 is 2. The highest BCUT2D eigenvalue weighted by Crippen LogP contribution is 2.23. The van der Waals surface area contributed by atoms with Crippen LogP contribution in [-0.2, 0) is 4.74 Å². The second-order valence-electron chi connectivity index (χ2n) is 4.67. The maximum absolute atomic E-state index is 13.8. The van der Waals surface area contributed by atoms with Gasteiger partial charge >= 0.3 is 0 Å². The third-order valence-corrected chi connectivity index (χ3v) is 3.05. The number of rotatable bonds is 7. The molecule has 21 heavy (non-hydrogen) atoms. The third kappa shape index (κ3) is 3.72. The Kier molecular flexibility index (Phi) is 5.16. The Morgan fingerprint density at radius 2 is 2.14 bits per heavy atom. The number of aromatic nitrogens is 2. The van der Waals surface area contributed by atoms with Crippen LogP contribution in [-0.4, -0.2) is 36.9 Å². The van der Waals surface area contributed by atoms with Crippen LogP contribution >= 0.6 is 0 Å². The molecule has 0 saturated carbocycles. The zero-order chi connectivity index (χ0) is 15.2. The van der Waals surface area contributed by atoms with Crippen molar-refractivity contribution < 1.29 is 13.9 Å². The predicted molar refractivity (Wildman–Crippen MR) is 79.8 cm³/mol. The molecule has 1 aromatic carbocycles. The number of nitrogens with one attached hydrogen (secondary N) is 1. The Morgan fingerprint density at radius 3 is 2.81 bits per heavy atom. The molecule has 1 heterocycles. The van der Waals surface area contributed by atoms with E-state index in [0.29, 0.717) is 18.2 Å². The van der Waals surface area contributed by atoms with E-state index in [-0.39, 0.29) is 5.75 Å². The average Bonchev–Trinajstić information content (AvgIpc) is 2.84. The van der Waals surface area contributed by atoms with Gasteiger partial charge in [-0.3, -0.25) is 4.57 Å². The summed E-state index contributed by atoms with van der Waals surface area (Å²) >= 11 is 0. The Bertz CT molecular complexity index is 599. The van der Waals surface area contributed by atoms with Gasteiger partial charge in [-0.2, -0.15) is 0 Å². The number of ether oxygens (including phenoxy) is 2. The van der Waals surface area contributed by atoms with E-state index in [1.54, 1.807) is 19.2 Å². The first-order valence-electron chi connectivity index (χ1n) is 6.78. The molecule has 2 aromatic rings. The molecule has 5 nitrogen and oxygen atoms in total. The van der Waals surface area contributed by atoms with E-state index in [0.717, 1.165) is 18.7 Å². The van der Waals surface area contributed by atoms with E-state index in [9.17, 15) is 4.39 Å². The number of anilines is 1. The second-order valence-corrected chi connectivity index (χ2v) is 4.67. The highest BCUT2D eigenvalue weighted by Gasteiger charge is 2.10. The smallest absolute Gasteiger partial charge is 0.207 e. The van der Waals surface area contributed by atoms with Gasteiger partial charge in [0.1, 0.15) is 0 Å². The van der Waals surface area contributed by atoms with Crippen LogP contribution in [0.15, 0.2) is 24.4 Å². The number of hydrogen-bond acceptors (Lipinski definition) is 4. The molecule has 0 bridgehead atoms. The zero-order valence-corrected chi connectivity index (χ0v) is 12.5. The van der Waals surface area contributed by atoms with Crippen molar-refractivity contribution in [2.45, 2.75) is 13.3 Å². The molecular weight excluding hydrogens is 273 g/mol. The van der Waals surface area contributed by atoms with Gasteiger partial charge in [0.05, 0.1) is 18.5 Å². The molecule has 0 aliphatic carbocycles. The van der Waals surface area contributed by atoms with Crippen molar-refractivity contribution in [3.05, 3.63) is 35.9 Å². The maximum atomic E-state index is 13.8. The maximum Gasteiger partial charge on any atom is 0.207 e. The van der Waals surface area contributed by atoms with Gasteiger partial charge < -0.3 is 14.8 Å². The van der Waals surface area contributed by atoms with Crippen LogP contribution in [0.25, 0.3) is 5.69 Å². The van der Waals surface area contributed by atoms with Crippen LogP contribution in [0, 0.1) is 12.7 Å². The van der Waals surface area contributed by atoms with E-state index in [4.69, 9.17) is 9.47 Å². The largest absolute Gasteiger partial charge is 0.494 e. The minimum Gasteiger partial charge on any atom is -0.494 e. The van der Waals surface area contributed by atoms with Crippen LogP contribution in [0.1, 0.15) is 12.1 Å². The van der Waals surface area contributed by atoms with Gasteiger partial charge in [0, 0.05) is 32.5 Å². The highest BCUT2D eigenvalue weighted by molar-refractivity contribution is 5.45. The normalized spacial score (nSPS) is 10.7. The fourth-order valence-corrected chi connectivity index (χ4v) is 2.04. The van der Waals surface area contributed by atoms with Gasteiger partial charge in [-0.15, -0.1) is 0 Å². The number of imidazole rings is 1. The number of benzene rings is 1. The Hall–Kier alpha value is -2.08. The lowest BCUT2D eigenvalue weighted by atomic mass is 10.3. The van der Waals surface area contributed by atoms with Crippen LogP contribution in [0.2, 0.25) is 0 Å². The zero-order valence-electron chi connectivity index (χ0n) is 12.5. The minimum atomic E-state index is -0.397. The van der Waals surface area contributed by atoms with E-state index in [1.807, 2.05) is 17.7 Å². The van der Waals surface area contributed by atoms with Crippen molar-refractivity contribution in [1.29, 1.82) is 0 Å². The summed E-state index contributed by atoms with van der Waals surface area (Å²) in [6.45, 7) is 3.32. The van der Waals surface area contributed by atoms with Crippen molar-refractivity contribution in [2.24, 2.45) is 0 Å². The van der Waals surface area contributed by atoms with Crippen molar-refractivity contribution >= 4 is 5.95 Å². The summed E-state index contributed by atoms with van der Waals surface area (Å²) in [7, 11) is 3.12. The molecule has 0 spiro atoms. The van der Waals surface area contributed by atoms with Gasteiger partial charge in [-0.25, -0.2) is 9.37 Å². The molecule has 1 N–H and O–H groups in total. The first kappa shape index (κ1) is 15.3. The molecule has 0 unspecified atom stereocenters.